The second-order valence-corrected chi connectivity index (χ2v) is 3.02. The highest BCUT2D eigenvalue weighted by Gasteiger charge is 2.09. The molecule has 0 spiro atoms. The van der Waals surface area contributed by atoms with E-state index in [1.54, 1.807) is 0 Å². The number of benzene rings is 1. The summed E-state index contributed by atoms with van der Waals surface area (Å²) in [6.45, 7) is 2.95. The van der Waals surface area contributed by atoms with Gasteiger partial charge in [0.25, 0.3) is 0 Å². The predicted molar refractivity (Wildman–Crippen MR) is 49.7 cm³/mol. The minimum absolute atomic E-state index is 0.837. The molecule has 1 aromatic carbocycles. The van der Waals surface area contributed by atoms with Crippen LogP contribution in [-0.4, -0.2) is 6.61 Å². The van der Waals surface area contributed by atoms with Crippen LogP contribution in [0.2, 0.25) is 0 Å². The van der Waals surface area contributed by atoms with Gasteiger partial charge >= 0.3 is 0 Å². The third kappa shape index (κ3) is 1.22. The van der Waals surface area contributed by atoms with E-state index < -0.39 is 0 Å². The summed E-state index contributed by atoms with van der Waals surface area (Å²) < 4.78 is 5.48. The first-order valence-electron chi connectivity index (χ1n) is 4.27. The molecular formula is C11H12O. The number of hydrogen-bond donors (Lipinski definition) is 0. The lowest BCUT2D eigenvalue weighted by Crippen LogP contribution is -1.88. The zero-order valence-electron chi connectivity index (χ0n) is 7.21. The van der Waals surface area contributed by atoms with Gasteiger partial charge in [0.2, 0.25) is 0 Å². The molecule has 0 radical (unpaired) electrons. The van der Waals surface area contributed by atoms with Gasteiger partial charge in [-0.2, -0.15) is 0 Å². The van der Waals surface area contributed by atoms with E-state index in [0.29, 0.717) is 0 Å². The Hall–Kier alpha value is -1.24. The van der Waals surface area contributed by atoms with E-state index in [1.165, 1.54) is 11.1 Å². The van der Waals surface area contributed by atoms with Gasteiger partial charge in [-0.3, -0.25) is 0 Å². The Kier molecular flexibility index (Phi) is 1.86. The van der Waals surface area contributed by atoms with Crippen LogP contribution in [0.5, 0.6) is 0 Å². The third-order valence-corrected chi connectivity index (χ3v) is 2.12. The van der Waals surface area contributed by atoms with Crippen LogP contribution in [-0.2, 0) is 4.74 Å². The molecule has 1 aliphatic rings. The first-order chi connectivity index (χ1) is 5.88. The Morgan fingerprint density at radius 1 is 1.25 bits per heavy atom. The molecule has 0 unspecified atom stereocenters. The SMILES string of the molecule is Cc1ccccc1C1=CCCO1. The third-order valence-electron chi connectivity index (χ3n) is 2.12. The van der Waals surface area contributed by atoms with E-state index in [-0.39, 0.29) is 0 Å². The monoisotopic (exact) mass is 160 g/mol. The molecule has 12 heavy (non-hydrogen) atoms. The summed E-state index contributed by atoms with van der Waals surface area (Å²) in [6, 6.07) is 8.31. The lowest BCUT2D eigenvalue weighted by Gasteiger charge is -2.06. The zero-order valence-corrected chi connectivity index (χ0v) is 7.21. The maximum Gasteiger partial charge on any atom is 0.122 e. The second-order valence-electron chi connectivity index (χ2n) is 3.02. The first-order valence-corrected chi connectivity index (χ1v) is 4.27. The number of rotatable bonds is 1. The molecule has 62 valence electrons. The van der Waals surface area contributed by atoms with Gasteiger partial charge < -0.3 is 4.74 Å². The maximum atomic E-state index is 5.48. The van der Waals surface area contributed by atoms with Gasteiger partial charge in [-0.15, -0.1) is 0 Å². The van der Waals surface area contributed by atoms with Crippen LogP contribution in [0.3, 0.4) is 0 Å². The largest absolute Gasteiger partial charge is 0.493 e. The van der Waals surface area contributed by atoms with Gasteiger partial charge in [-0.25, -0.2) is 0 Å². The van der Waals surface area contributed by atoms with Gasteiger partial charge in [-0.05, 0) is 18.6 Å². The first kappa shape index (κ1) is 7.41. The lowest BCUT2D eigenvalue weighted by molar-refractivity contribution is 0.307. The van der Waals surface area contributed by atoms with Crippen molar-refractivity contribution in [3.63, 3.8) is 0 Å². The lowest BCUT2D eigenvalue weighted by atomic mass is 10.1. The second kappa shape index (κ2) is 3.02. The summed E-state index contributed by atoms with van der Waals surface area (Å²) in [6.07, 6.45) is 3.20. The summed E-state index contributed by atoms with van der Waals surface area (Å²) in [5.74, 6) is 1.05. The fourth-order valence-electron chi connectivity index (χ4n) is 1.45. The molecule has 1 heteroatoms. The van der Waals surface area contributed by atoms with E-state index in [4.69, 9.17) is 4.74 Å². The fourth-order valence-corrected chi connectivity index (χ4v) is 1.45. The molecule has 2 rings (SSSR count). The van der Waals surface area contributed by atoms with Gasteiger partial charge in [0.1, 0.15) is 5.76 Å². The minimum atomic E-state index is 0.837. The zero-order chi connectivity index (χ0) is 8.39. The van der Waals surface area contributed by atoms with Gasteiger partial charge in [0.05, 0.1) is 6.61 Å². The van der Waals surface area contributed by atoms with Crippen molar-refractivity contribution in [1.29, 1.82) is 0 Å². The van der Waals surface area contributed by atoms with Crippen molar-refractivity contribution < 1.29 is 4.74 Å². The average Bonchev–Trinajstić information content (AvgIpc) is 2.57. The minimum Gasteiger partial charge on any atom is -0.493 e. The Morgan fingerprint density at radius 3 is 2.75 bits per heavy atom. The molecule has 1 nitrogen and oxygen atoms in total. The van der Waals surface area contributed by atoms with Crippen molar-refractivity contribution in [2.75, 3.05) is 6.61 Å². The molecule has 1 aromatic rings. The van der Waals surface area contributed by atoms with Crippen LogP contribution in [0.1, 0.15) is 17.5 Å². The van der Waals surface area contributed by atoms with Gasteiger partial charge in [0.15, 0.2) is 0 Å². The Bertz CT molecular complexity index is 313. The summed E-state index contributed by atoms with van der Waals surface area (Å²) in [5, 5.41) is 0. The smallest absolute Gasteiger partial charge is 0.122 e. The van der Waals surface area contributed by atoms with E-state index in [9.17, 15) is 0 Å². The summed E-state index contributed by atoms with van der Waals surface area (Å²) in [7, 11) is 0. The van der Waals surface area contributed by atoms with Crippen LogP contribution in [0, 0.1) is 6.92 Å². The molecule has 0 bridgehead atoms. The Labute approximate surface area is 72.7 Å². The van der Waals surface area contributed by atoms with Crippen molar-refractivity contribution >= 4 is 5.76 Å². The number of hydrogen-bond acceptors (Lipinski definition) is 1. The topological polar surface area (TPSA) is 9.23 Å². The molecule has 1 heterocycles. The Balaban J connectivity index is 2.39. The van der Waals surface area contributed by atoms with Crippen LogP contribution < -0.4 is 0 Å². The Morgan fingerprint density at radius 2 is 2.08 bits per heavy atom. The fraction of sp³-hybridized carbons (Fsp3) is 0.273. The highest BCUT2D eigenvalue weighted by Crippen LogP contribution is 2.23. The summed E-state index contributed by atoms with van der Waals surface area (Å²) in [4.78, 5) is 0. The van der Waals surface area contributed by atoms with Gasteiger partial charge in [-0.1, -0.05) is 24.3 Å². The summed E-state index contributed by atoms with van der Waals surface area (Å²) >= 11 is 0. The summed E-state index contributed by atoms with van der Waals surface area (Å²) in [5.41, 5.74) is 2.51. The highest BCUT2D eigenvalue weighted by atomic mass is 16.5. The van der Waals surface area contributed by atoms with Crippen LogP contribution >= 0.6 is 0 Å². The molecule has 0 amide bonds. The molecule has 0 aromatic heterocycles. The standard InChI is InChI=1S/C11H12O/c1-9-5-2-3-6-10(9)11-7-4-8-12-11/h2-3,5-7H,4,8H2,1H3. The predicted octanol–water partition coefficient (Wildman–Crippen LogP) is 2.76. The molecule has 0 fully saturated rings. The van der Waals surface area contributed by atoms with Gasteiger partial charge in [0, 0.05) is 12.0 Å². The van der Waals surface area contributed by atoms with Crippen molar-refractivity contribution in [2.24, 2.45) is 0 Å². The molecule has 0 aliphatic carbocycles. The van der Waals surface area contributed by atoms with Crippen LogP contribution in [0.4, 0.5) is 0 Å². The molecule has 1 aliphatic heterocycles. The number of ether oxygens (including phenoxy) is 1. The molecule has 0 N–H and O–H groups in total. The van der Waals surface area contributed by atoms with E-state index in [0.717, 1.165) is 18.8 Å². The molecule has 0 atom stereocenters. The van der Waals surface area contributed by atoms with E-state index in [2.05, 4.69) is 25.1 Å². The van der Waals surface area contributed by atoms with Crippen molar-refractivity contribution in [3.8, 4) is 0 Å². The van der Waals surface area contributed by atoms with E-state index >= 15 is 0 Å². The average molecular weight is 160 g/mol. The molecular weight excluding hydrogens is 148 g/mol. The number of aryl methyl sites for hydroxylation is 1. The van der Waals surface area contributed by atoms with Crippen molar-refractivity contribution in [3.05, 3.63) is 41.5 Å². The normalized spacial score (nSPS) is 15.6. The van der Waals surface area contributed by atoms with Crippen molar-refractivity contribution in [2.45, 2.75) is 13.3 Å². The van der Waals surface area contributed by atoms with Crippen LogP contribution in [0.15, 0.2) is 30.3 Å². The highest BCUT2D eigenvalue weighted by molar-refractivity contribution is 5.63. The van der Waals surface area contributed by atoms with Crippen molar-refractivity contribution in [1.82, 2.24) is 0 Å². The quantitative estimate of drug-likeness (QED) is 0.613. The molecule has 0 saturated carbocycles. The van der Waals surface area contributed by atoms with Crippen LogP contribution in [0.25, 0.3) is 5.76 Å². The maximum absolute atomic E-state index is 5.48. The molecule has 0 saturated heterocycles. The van der Waals surface area contributed by atoms with E-state index in [1.807, 2.05) is 12.1 Å².